The third-order valence-corrected chi connectivity index (χ3v) is 5.66. The van der Waals surface area contributed by atoms with Gasteiger partial charge in [-0.1, -0.05) is 13.0 Å². The van der Waals surface area contributed by atoms with Crippen molar-refractivity contribution >= 4 is 15.7 Å². The Kier molecular flexibility index (Phi) is 4.84. The zero-order valence-electron chi connectivity index (χ0n) is 12.8. The highest BCUT2D eigenvalue weighted by Crippen LogP contribution is 2.27. The Morgan fingerprint density at radius 3 is 2.77 bits per heavy atom. The highest BCUT2D eigenvalue weighted by Gasteiger charge is 2.30. The predicted octanol–water partition coefficient (Wildman–Crippen LogP) is 1.57. The van der Waals surface area contributed by atoms with Crippen molar-refractivity contribution in [3.63, 3.8) is 0 Å². The number of hydrogen-bond acceptors (Lipinski definition) is 5. The van der Waals surface area contributed by atoms with Crippen LogP contribution in [0.2, 0.25) is 0 Å². The van der Waals surface area contributed by atoms with Gasteiger partial charge in [0.25, 0.3) is 5.69 Å². The predicted molar refractivity (Wildman–Crippen MR) is 83.2 cm³/mol. The molecule has 1 heterocycles. The molecule has 0 aliphatic carbocycles. The summed E-state index contributed by atoms with van der Waals surface area (Å²) in [5, 5.41) is 14.2. The molecule has 1 unspecified atom stereocenters. The molecule has 0 aromatic heterocycles. The van der Waals surface area contributed by atoms with Gasteiger partial charge in [0.05, 0.1) is 9.82 Å². The van der Waals surface area contributed by atoms with Gasteiger partial charge >= 0.3 is 0 Å². The van der Waals surface area contributed by atoms with Crippen LogP contribution in [0.1, 0.15) is 25.3 Å². The van der Waals surface area contributed by atoms with Crippen LogP contribution in [0.15, 0.2) is 23.1 Å². The first kappa shape index (κ1) is 16.9. The second kappa shape index (κ2) is 6.31. The van der Waals surface area contributed by atoms with Crippen molar-refractivity contribution < 1.29 is 13.3 Å². The first-order valence-corrected chi connectivity index (χ1v) is 8.68. The fraction of sp³-hybridized carbons (Fsp3) is 0.571. The highest BCUT2D eigenvalue weighted by molar-refractivity contribution is 7.89. The topological polar surface area (TPSA) is 101 Å². The molecule has 8 heteroatoms. The molecule has 1 aromatic carbocycles. The number of nitro benzene ring substituents is 1. The zero-order valence-corrected chi connectivity index (χ0v) is 13.6. The van der Waals surface area contributed by atoms with E-state index in [0.29, 0.717) is 6.54 Å². The van der Waals surface area contributed by atoms with E-state index >= 15 is 0 Å². The van der Waals surface area contributed by atoms with Gasteiger partial charge in [-0.25, -0.2) is 13.1 Å². The van der Waals surface area contributed by atoms with Crippen LogP contribution in [0.4, 0.5) is 5.69 Å². The number of hydrogen-bond donors (Lipinski definition) is 2. The Balaban J connectivity index is 2.20. The van der Waals surface area contributed by atoms with Gasteiger partial charge in [0.15, 0.2) is 0 Å². The minimum Gasteiger partial charge on any atom is -0.316 e. The van der Waals surface area contributed by atoms with Crippen LogP contribution in [-0.2, 0) is 10.0 Å². The second-order valence-electron chi connectivity index (χ2n) is 6.07. The molecule has 7 nitrogen and oxygen atoms in total. The van der Waals surface area contributed by atoms with Crippen LogP contribution in [0.25, 0.3) is 0 Å². The minimum absolute atomic E-state index is 0.0333. The summed E-state index contributed by atoms with van der Waals surface area (Å²) in [5.74, 6) is 0. The van der Waals surface area contributed by atoms with Crippen LogP contribution in [-0.4, -0.2) is 33.0 Å². The molecule has 1 aliphatic rings. The van der Waals surface area contributed by atoms with Crippen molar-refractivity contribution in [1.82, 2.24) is 10.0 Å². The van der Waals surface area contributed by atoms with Crippen LogP contribution >= 0.6 is 0 Å². The molecule has 2 rings (SSSR count). The lowest BCUT2D eigenvalue weighted by atomic mass is 9.83. The molecule has 1 aliphatic heterocycles. The molecule has 0 saturated carbocycles. The number of nitro groups is 1. The summed E-state index contributed by atoms with van der Waals surface area (Å²) >= 11 is 0. The number of rotatable bonds is 5. The van der Waals surface area contributed by atoms with Gasteiger partial charge < -0.3 is 5.32 Å². The van der Waals surface area contributed by atoms with Gasteiger partial charge in [0.2, 0.25) is 10.0 Å². The van der Waals surface area contributed by atoms with E-state index in [2.05, 4.69) is 10.0 Å². The summed E-state index contributed by atoms with van der Waals surface area (Å²) in [7, 11) is -3.77. The fourth-order valence-electron chi connectivity index (χ4n) is 2.71. The van der Waals surface area contributed by atoms with E-state index in [1.54, 1.807) is 0 Å². The van der Waals surface area contributed by atoms with Crippen molar-refractivity contribution in [3.05, 3.63) is 33.9 Å². The SMILES string of the molecule is Cc1c([N+](=O)[O-])cccc1S(=O)(=O)NCC1(C)CCCNC1. The third-order valence-electron chi connectivity index (χ3n) is 4.12. The quantitative estimate of drug-likeness (QED) is 0.631. The minimum atomic E-state index is -3.77. The van der Waals surface area contributed by atoms with Crippen molar-refractivity contribution in [2.75, 3.05) is 19.6 Å². The number of sulfonamides is 1. The molecule has 1 saturated heterocycles. The van der Waals surface area contributed by atoms with Gasteiger partial charge in [-0.3, -0.25) is 10.1 Å². The molecule has 2 N–H and O–H groups in total. The smallest absolute Gasteiger partial charge is 0.273 e. The van der Waals surface area contributed by atoms with Crippen LogP contribution in [0, 0.1) is 22.5 Å². The maximum atomic E-state index is 12.5. The largest absolute Gasteiger partial charge is 0.316 e. The van der Waals surface area contributed by atoms with Crippen molar-refractivity contribution in [1.29, 1.82) is 0 Å². The maximum absolute atomic E-state index is 12.5. The monoisotopic (exact) mass is 327 g/mol. The van der Waals surface area contributed by atoms with Gasteiger partial charge in [-0.2, -0.15) is 0 Å². The molecular formula is C14H21N3O4S. The molecule has 1 fully saturated rings. The Labute approximate surface area is 130 Å². The van der Waals surface area contributed by atoms with E-state index in [1.807, 2.05) is 6.92 Å². The van der Waals surface area contributed by atoms with E-state index in [4.69, 9.17) is 0 Å². The lowest BCUT2D eigenvalue weighted by molar-refractivity contribution is -0.385. The first-order valence-electron chi connectivity index (χ1n) is 7.20. The van der Waals surface area contributed by atoms with Crippen molar-refractivity contribution in [2.24, 2.45) is 5.41 Å². The number of piperidine rings is 1. The van der Waals surface area contributed by atoms with Crippen LogP contribution < -0.4 is 10.0 Å². The Bertz CT molecular complexity index is 667. The van der Waals surface area contributed by atoms with Gasteiger partial charge in [-0.05, 0) is 37.8 Å². The second-order valence-corrected chi connectivity index (χ2v) is 7.81. The molecule has 122 valence electrons. The fourth-order valence-corrected chi connectivity index (χ4v) is 4.17. The Hall–Kier alpha value is -1.51. The average molecular weight is 327 g/mol. The van der Waals surface area contributed by atoms with E-state index in [0.717, 1.165) is 25.9 Å². The zero-order chi connectivity index (χ0) is 16.4. The van der Waals surface area contributed by atoms with E-state index in [9.17, 15) is 18.5 Å². The first-order chi connectivity index (χ1) is 10.3. The van der Waals surface area contributed by atoms with E-state index < -0.39 is 14.9 Å². The molecule has 1 aromatic rings. The van der Waals surface area contributed by atoms with Crippen molar-refractivity contribution in [2.45, 2.75) is 31.6 Å². The summed E-state index contributed by atoms with van der Waals surface area (Å²) in [6, 6.07) is 4.09. The summed E-state index contributed by atoms with van der Waals surface area (Å²) < 4.78 is 27.5. The number of nitrogens with one attached hydrogen (secondary N) is 2. The van der Waals surface area contributed by atoms with Gasteiger partial charge in [-0.15, -0.1) is 0 Å². The normalized spacial score (nSPS) is 22.5. The maximum Gasteiger partial charge on any atom is 0.273 e. The molecule has 0 radical (unpaired) electrons. The molecule has 0 spiro atoms. The summed E-state index contributed by atoms with van der Waals surface area (Å²) in [4.78, 5) is 10.3. The summed E-state index contributed by atoms with van der Waals surface area (Å²) in [6.07, 6.45) is 1.95. The molecule has 1 atom stereocenters. The number of nitrogens with zero attached hydrogens (tertiary/aromatic N) is 1. The van der Waals surface area contributed by atoms with Crippen LogP contribution in [0.3, 0.4) is 0 Å². The summed E-state index contributed by atoms with van der Waals surface area (Å²) in [5.41, 5.74) is -0.166. The molecule has 0 amide bonds. The van der Waals surface area contributed by atoms with E-state index in [-0.39, 0.29) is 21.6 Å². The average Bonchev–Trinajstić information content (AvgIpc) is 2.46. The Morgan fingerprint density at radius 2 is 2.18 bits per heavy atom. The van der Waals surface area contributed by atoms with Crippen molar-refractivity contribution in [3.8, 4) is 0 Å². The standard InChI is InChI=1S/C14H21N3O4S/c1-11-12(17(18)19)5-3-6-13(11)22(20,21)16-10-14(2)7-4-8-15-9-14/h3,5-6,15-16H,4,7-10H2,1-2H3. The third kappa shape index (κ3) is 3.63. The lowest BCUT2D eigenvalue weighted by Gasteiger charge is -2.34. The van der Waals surface area contributed by atoms with Crippen LogP contribution in [0.5, 0.6) is 0 Å². The summed E-state index contributed by atoms with van der Waals surface area (Å²) in [6.45, 7) is 5.50. The van der Waals surface area contributed by atoms with Gasteiger partial charge in [0.1, 0.15) is 0 Å². The lowest BCUT2D eigenvalue weighted by Crippen LogP contribution is -2.45. The highest BCUT2D eigenvalue weighted by atomic mass is 32.2. The Morgan fingerprint density at radius 1 is 1.45 bits per heavy atom. The molecule has 0 bridgehead atoms. The molecule has 22 heavy (non-hydrogen) atoms. The van der Waals surface area contributed by atoms with Gasteiger partial charge in [0, 0.05) is 24.7 Å². The van der Waals surface area contributed by atoms with E-state index in [1.165, 1.54) is 25.1 Å². The molecular weight excluding hydrogens is 306 g/mol. The number of benzene rings is 1.